The van der Waals surface area contributed by atoms with Crippen LogP contribution in [-0.2, 0) is 12.3 Å². The number of hydrogen-bond donors (Lipinski definition) is 0. The Morgan fingerprint density at radius 1 is 1.27 bits per heavy atom. The van der Waals surface area contributed by atoms with E-state index in [4.69, 9.17) is 8.83 Å². The van der Waals surface area contributed by atoms with Gasteiger partial charge in [-0.25, -0.2) is 4.79 Å². The Balaban J connectivity index is 1.71. The monoisotopic (exact) mass is 421 g/mol. The molecule has 1 aromatic carbocycles. The summed E-state index contributed by atoms with van der Waals surface area (Å²) >= 11 is 1.52. The van der Waals surface area contributed by atoms with Gasteiger partial charge in [0.2, 0.25) is 5.82 Å². The number of benzene rings is 1. The summed E-state index contributed by atoms with van der Waals surface area (Å²) in [6.45, 7) is 10.8. The van der Waals surface area contributed by atoms with Crippen molar-refractivity contribution in [1.29, 1.82) is 0 Å². The van der Waals surface area contributed by atoms with E-state index in [1.165, 1.54) is 17.3 Å². The van der Waals surface area contributed by atoms with Crippen molar-refractivity contribution in [2.24, 2.45) is 0 Å². The van der Waals surface area contributed by atoms with E-state index in [-0.39, 0.29) is 5.63 Å². The quantitative estimate of drug-likeness (QED) is 0.221. The highest BCUT2D eigenvalue weighted by Crippen LogP contribution is 2.31. The van der Waals surface area contributed by atoms with E-state index >= 15 is 0 Å². The Hall–Kier alpha value is -3.06. The smallest absolute Gasteiger partial charge is 0.336 e. The largest absolute Gasteiger partial charge is 0.461 e. The van der Waals surface area contributed by atoms with E-state index in [1.807, 2.05) is 29.7 Å². The van der Waals surface area contributed by atoms with E-state index in [0.717, 1.165) is 21.7 Å². The topological polar surface area (TPSA) is 74.1 Å². The van der Waals surface area contributed by atoms with E-state index in [9.17, 15) is 4.79 Å². The van der Waals surface area contributed by atoms with Crippen molar-refractivity contribution in [2.75, 3.05) is 0 Å². The molecule has 0 amide bonds. The van der Waals surface area contributed by atoms with E-state index in [0.29, 0.717) is 35.4 Å². The molecular weight excluding hydrogens is 398 g/mol. The highest BCUT2D eigenvalue weighted by molar-refractivity contribution is 7.98. The summed E-state index contributed by atoms with van der Waals surface area (Å²) in [7, 11) is 0. The minimum absolute atomic E-state index is 0.348. The van der Waals surface area contributed by atoms with E-state index in [1.54, 1.807) is 18.4 Å². The molecule has 6 nitrogen and oxygen atoms in total. The standard InChI is InChI=1S/C23H23N3O3S/c1-5-8-26-22(19-7-6-9-28-19)24-25-23(26)30-13-16-11-21(27)29-20-10-15(4)17(14(2)3)12-18(16)20/h5-7,9-12,14H,1,8,13H2,2-4H3. The van der Waals surface area contributed by atoms with Crippen molar-refractivity contribution in [3.8, 4) is 11.6 Å². The highest BCUT2D eigenvalue weighted by atomic mass is 32.2. The van der Waals surface area contributed by atoms with Crippen LogP contribution >= 0.6 is 11.8 Å². The third-order valence-corrected chi connectivity index (χ3v) is 5.98. The average Bonchev–Trinajstić information content (AvgIpc) is 3.35. The fourth-order valence-corrected chi connectivity index (χ4v) is 4.49. The first-order chi connectivity index (χ1) is 14.5. The van der Waals surface area contributed by atoms with Gasteiger partial charge < -0.3 is 8.83 Å². The summed E-state index contributed by atoms with van der Waals surface area (Å²) in [6, 6.07) is 9.32. The van der Waals surface area contributed by atoms with Gasteiger partial charge in [-0.1, -0.05) is 31.7 Å². The van der Waals surface area contributed by atoms with Crippen molar-refractivity contribution < 1.29 is 8.83 Å². The molecule has 0 radical (unpaired) electrons. The first-order valence-corrected chi connectivity index (χ1v) is 10.7. The Morgan fingerprint density at radius 2 is 2.10 bits per heavy atom. The molecule has 0 aliphatic carbocycles. The minimum Gasteiger partial charge on any atom is -0.461 e. The first-order valence-electron chi connectivity index (χ1n) is 9.76. The van der Waals surface area contributed by atoms with Crippen molar-refractivity contribution in [3.63, 3.8) is 0 Å². The molecule has 0 saturated heterocycles. The van der Waals surface area contributed by atoms with E-state index in [2.05, 4.69) is 36.7 Å². The maximum absolute atomic E-state index is 12.1. The van der Waals surface area contributed by atoms with Crippen LogP contribution in [-0.4, -0.2) is 14.8 Å². The maximum atomic E-state index is 12.1. The number of hydrogen-bond acceptors (Lipinski definition) is 6. The number of thioether (sulfide) groups is 1. The summed E-state index contributed by atoms with van der Waals surface area (Å²) in [5.41, 5.74) is 3.56. The lowest BCUT2D eigenvalue weighted by Gasteiger charge is -2.13. The van der Waals surface area contributed by atoms with Crippen LogP contribution in [0.2, 0.25) is 0 Å². The molecule has 30 heavy (non-hydrogen) atoms. The predicted molar refractivity (Wildman–Crippen MR) is 119 cm³/mol. The third-order valence-electron chi connectivity index (χ3n) is 4.97. The molecule has 4 rings (SSSR count). The Labute approximate surface area is 178 Å². The second-order valence-electron chi connectivity index (χ2n) is 7.42. The van der Waals surface area contributed by atoms with Crippen molar-refractivity contribution in [2.45, 2.75) is 44.1 Å². The van der Waals surface area contributed by atoms with E-state index < -0.39 is 0 Å². The van der Waals surface area contributed by atoms with Crippen LogP contribution < -0.4 is 5.63 Å². The lowest BCUT2D eigenvalue weighted by atomic mass is 9.95. The van der Waals surface area contributed by atoms with Crippen LogP contribution in [0.15, 0.2) is 68.0 Å². The molecule has 0 aliphatic heterocycles. The van der Waals surface area contributed by atoms with Gasteiger partial charge in [0.05, 0.1) is 6.26 Å². The van der Waals surface area contributed by atoms with Crippen LogP contribution in [0.4, 0.5) is 0 Å². The molecule has 0 unspecified atom stereocenters. The summed E-state index contributed by atoms with van der Waals surface area (Å²) in [4.78, 5) is 12.1. The molecule has 0 spiro atoms. The second kappa shape index (κ2) is 8.36. The SMILES string of the molecule is C=CCn1c(SCc2cc(=O)oc3cc(C)c(C(C)C)cc23)nnc1-c1ccco1. The van der Waals surface area contributed by atoms with Gasteiger partial charge in [-0.15, -0.1) is 16.8 Å². The lowest BCUT2D eigenvalue weighted by Crippen LogP contribution is -2.03. The number of aryl methyl sites for hydroxylation is 1. The van der Waals surface area contributed by atoms with Crippen LogP contribution in [0.5, 0.6) is 0 Å². The first kappa shape index (κ1) is 20.2. The number of rotatable bonds is 7. The number of fused-ring (bicyclic) bond motifs is 1. The Morgan fingerprint density at radius 3 is 2.80 bits per heavy atom. The predicted octanol–water partition coefficient (Wildman–Crippen LogP) is 5.55. The molecule has 0 fully saturated rings. The number of nitrogens with zero attached hydrogens (tertiary/aromatic N) is 3. The molecule has 4 aromatic rings. The van der Waals surface area contributed by atoms with Gasteiger partial charge in [-0.05, 0) is 53.8 Å². The Bertz CT molecular complexity index is 1250. The number of aromatic nitrogens is 3. The van der Waals surface area contributed by atoms with Crippen molar-refractivity contribution in [1.82, 2.24) is 14.8 Å². The molecular formula is C23H23N3O3S. The summed E-state index contributed by atoms with van der Waals surface area (Å²) in [5, 5.41) is 10.3. The molecule has 154 valence electrons. The van der Waals surface area contributed by atoms with Crippen LogP contribution in [0.1, 0.15) is 36.5 Å². The molecule has 3 heterocycles. The fourth-order valence-electron chi connectivity index (χ4n) is 3.55. The molecule has 0 saturated carbocycles. The van der Waals surface area contributed by atoms with Gasteiger partial charge in [0.25, 0.3) is 0 Å². The van der Waals surface area contributed by atoms with Crippen molar-refractivity contribution in [3.05, 3.63) is 76.4 Å². The zero-order valence-electron chi connectivity index (χ0n) is 17.2. The zero-order valence-corrected chi connectivity index (χ0v) is 18.0. The molecule has 0 atom stereocenters. The zero-order chi connectivity index (χ0) is 21.3. The minimum atomic E-state index is -0.348. The lowest BCUT2D eigenvalue weighted by molar-refractivity contribution is 0.559. The van der Waals surface area contributed by atoms with Gasteiger partial charge in [-0.3, -0.25) is 4.57 Å². The van der Waals surface area contributed by atoms with Crippen LogP contribution in [0.3, 0.4) is 0 Å². The van der Waals surface area contributed by atoms with Gasteiger partial charge in [-0.2, -0.15) is 0 Å². The molecule has 3 aromatic heterocycles. The van der Waals surface area contributed by atoms with Crippen molar-refractivity contribution >= 4 is 22.7 Å². The van der Waals surface area contributed by atoms with Gasteiger partial charge in [0, 0.05) is 23.8 Å². The van der Waals surface area contributed by atoms with Gasteiger partial charge in [0.15, 0.2) is 10.9 Å². The normalized spacial score (nSPS) is 11.5. The van der Waals surface area contributed by atoms with Gasteiger partial charge in [0.1, 0.15) is 5.58 Å². The molecule has 0 N–H and O–H groups in total. The summed E-state index contributed by atoms with van der Waals surface area (Å²) in [5.74, 6) is 2.25. The third kappa shape index (κ3) is 3.85. The summed E-state index contributed by atoms with van der Waals surface area (Å²) < 4.78 is 12.9. The second-order valence-corrected chi connectivity index (χ2v) is 8.36. The molecule has 0 bridgehead atoms. The number of furan rings is 1. The summed E-state index contributed by atoms with van der Waals surface area (Å²) in [6.07, 6.45) is 3.41. The van der Waals surface area contributed by atoms with Crippen LogP contribution in [0, 0.1) is 6.92 Å². The fraction of sp³-hybridized carbons (Fsp3) is 0.261. The number of allylic oxidation sites excluding steroid dienone is 1. The molecule has 7 heteroatoms. The maximum Gasteiger partial charge on any atom is 0.336 e. The Kier molecular flexibility index (Phi) is 5.63. The highest BCUT2D eigenvalue weighted by Gasteiger charge is 2.17. The van der Waals surface area contributed by atoms with Crippen LogP contribution in [0.25, 0.3) is 22.6 Å². The average molecular weight is 422 g/mol. The molecule has 0 aliphatic rings. The van der Waals surface area contributed by atoms with Gasteiger partial charge >= 0.3 is 5.63 Å².